The number of hydrogen-bond acceptors (Lipinski definition) is 6. The van der Waals surface area contributed by atoms with E-state index in [4.69, 9.17) is 14.2 Å². The van der Waals surface area contributed by atoms with Gasteiger partial charge in [-0.1, -0.05) is 347 Å². The predicted molar refractivity (Wildman–Crippen MR) is 344 cm³/mol. The molecular weight excluding hydrogens is 973 g/mol. The van der Waals surface area contributed by atoms with Crippen molar-refractivity contribution in [3.8, 4) is 0 Å². The van der Waals surface area contributed by atoms with Gasteiger partial charge in [0.25, 0.3) is 0 Å². The van der Waals surface area contributed by atoms with Crippen LogP contribution in [0.3, 0.4) is 0 Å². The summed E-state index contributed by atoms with van der Waals surface area (Å²) in [5, 5.41) is 0. The van der Waals surface area contributed by atoms with E-state index in [1.165, 1.54) is 302 Å². The van der Waals surface area contributed by atoms with Crippen molar-refractivity contribution >= 4 is 17.9 Å². The summed E-state index contributed by atoms with van der Waals surface area (Å²) < 4.78 is 17.0. The van der Waals surface area contributed by atoms with Crippen LogP contribution >= 0.6 is 0 Å². The van der Waals surface area contributed by atoms with Crippen LogP contribution in [0.15, 0.2) is 24.3 Å². The average Bonchev–Trinajstić information content (AvgIpc) is 3.45. The molecule has 0 aliphatic carbocycles. The Morgan fingerprint density at radius 1 is 0.241 bits per heavy atom. The molecule has 0 fully saturated rings. The maximum absolute atomic E-state index is 12.9. The summed E-state index contributed by atoms with van der Waals surface area (Å²) >= 11 is 0. The minimum absolute atomic E-state index is 0.0677. The number of ether oxygens (including phenoxy) is 3. The molecule has 0 saturated carbocycles. The Balaban J connectivity index is 4.12. The monoisotopic (exact) mass is 1110 g/mol. The number of unbranched alkanes of at least 4 members (excludes halogenated alkanes) is 52. The second kappa shape index (κ2) is 68.4. The molecule has 0 spiro atoms. The van der Waals surface area contributed by atoms with Crippen molar-refractivity contribution in [1.29, 1.82) is 0 Å². The van der Waals surface area contributed by atoms with E-state index in [1.54, 1.807) is 0 Å². The van der Waals surface area contributed by atoms with Crippen molar-refractivity contribution in [3.63, 3.8) is 0 Å². The largest absolute Gasteiger partial charge is 0.462 e. The maximum Gasteiger partial charge on any atom is 0.306 e. The molecular formula is C73H138O6. The lowest BCUT2D eigenvalue weighted by Gasteiger charge is -2.18. The number of carbonyl (C=O) groups excluding carboxylic acids is 3. The summed E-state index contributed by atoms with van der Waals surface area (Å²) in [6, 6.07) is 0. The van der Waals surface area contributed by atoms with Crippen LogP contribution in [0, 0.1) is 0 Å². The van der Waals surface area contributed by atoms with Crippen LogP contribution in [0.5, 0.6) is 0 Å². The zero-order valence-electron chi connectivity index (χ0n) is 53.7. The normalized spacial score (nSPS) is 12.1. The molecule has 0 aliphatic heterocycles. The lowest BCUT2D eigenvalue weighted by molar-refractivity contribution is -0.167. The molecule has 1 unspecified atom stereocenters. The molecule has 79 heavy (non-hydrogen) atoms. The smallest absolute Gasteiger partial charge is 0.306 e. The molecule has 0 N–H and O–H groups in total. The van der Waals surface area contributed by atoms with Crippen molar-refractivity contribution in [2.45, 2.75) is 412 Å². The van der Waals surface area contributed by atoms with Crippen molar-refractivity contribution in [2.75, 3.05) is 13.2 Å². The first kappa shape index (κ1) is 76.9. The molecule has 0 heterocycles. The fraction of sp³-hybridized carbons (Fsp3) is 0.904. The second-order valence-electron chi connectivity index (χ2n) is 24.5. The summed E-state index contributed by atoms with van der Waals surface area (Å²) in [5.74, 6) is -0.847. The van der Waals surface area contributed by atoms with Crippen molar-refractivity contribution in [3.05, 3.63) is 24.3 Å². The fourth-order valence-corrected chi connectivity index (χ4v) is 11.0. The number of allylic oxidation sites excluding steroid dienone is 4. The van der Waals surface area contributed by atoms with Gasteiger partial charge < -0.3 is 14.2 Å². The van der Waals surface area contributed by atoms with E-state index in [2.05, 4.69) is 45.1 Å². The Bertz CT molecular complexity index is 1270. The van der Waals surface area contributed by atoms with E-state index in [-0.39, 0.29) is 31.1 Å². The van der Waals surface area contributed by atoms with E-state index in [0.29, 0.717) is 19.3 Å². The van der Waals surface area contributed by atoms with Gasteiger partial charge in [0.2, 0.25) is 0 Å². The molecule has 0 saturated heterocycles. The van der Waals surface area contributed by atoms with Gasteiger partial charge in [-0.25, -0.2) is 0 Å². The maximum atomic E-state index is 12.9. The van der Waals surface area contributed by atoms with Gasteiger partial charge in [-0.15, -0.1) is 0 Å². The highest BCUT2D eigenvalue weighted by molar-refractivity contribution is 5.71. The van der Waals surface area contributed by atoms with Crippen LogP contribution in [0.4, 0.5) is 0 Å². The van der Waals surface area contributed by atoms with Crippen LogP contribution < -0.4 is 0 Å². The minimum atomic E-state index is -0.771. The highest BCUT2D eigenvalue weighted by atomic mass is 16.6. The number of hydrogen-bond donors (Lipinski definition) is 0. The van der Waals surface area contributed by atoms with Crippen LogP contribution in [-0.4, -0.2) is 37.2 Å². The van der Waals surface area contributed by atoms with Gasteiger partial charge in [-0.3, -0.25) is 14.4 Å². The highest BCUT2D eigenvalue weighted by Gasteiger charge is 2.19. The Hall–Kier alpha value is -2.11. The zero-order chi connectivity index (χ0) is 57.1. The third-order valence-corrected chi connectivity index (χ3v) is 16.4. The average molecular weight is 1110 g/mol. The predicted octanol–water partition coefficient (Wildman–Crippen LogP) is 24.6. The molecule has 0 aliphatic rings. The second-order valence-corrected chi connectivity index (χ2v) is 24.5. The van der Waals surface area contributed by atoms with E-state index in [0.717, 1.165) is 64.2 Å². The lowest BCUT2D eigenvalue weighted by Crippen LogP contribution is -2.30. The molecule has 0 amide bonds. The molecule has 0 aromatic rings. The third kappa shape index (κ3) is 66.6. The van der Waals surface area contributed by atoms with Crippen molar-refractivity contribution in [2.24, 2.45) is 0 Å². The Kier molecular flexibility index (Phi) is 66.6. The minimum Gasteiger partial charge on any atom is -0.462 e. The topological polar surface area (TPSA) is 78.9 Å². The van der Waals surface area contributed by atoms with E-state index in [9.17, 15) is 14.4 Å². The highest BCUT2D eigenvalue weighted by Crippen LogP contribution is 2.19. The molecule has 0 bridgehead atoms. The van der Waals surface area contributed by atoms with Gasteiger partial charge in [0.05, 0.1) is 0 Å². The first-order chi connectivity index (χ1) is 39.0. The van der Waals surface area contributed by atoms with E-state index >= 15 is 0 Å². The fourth-order valence-electron chi connectivity index (χ4n) is 11.0. The first-order valence-electron chi connectivity index (χ1n) is 35.8. The molecule has 1 atom stereocenters. The number of carbonyl (C=O) groups is 3. The Morgan fingerprint density at radius 3 is 0.671 bits per heavy atom. The van der Waals surface area contributed by atoms with E-state index < -0.39 is 6.10 Å². The molecule has 0 rings (SSSR count). The quantitative estimate of drug-likeness (QED) is 0.0261. The van der Waals surface area contributed by atoms with Gasteiger partial charge in [-0.2, -0.15) is 0 Å². The number of esters is 3. The van der Waals surface area contributed by atoms with Gasteiger partial charge in [0.15, 0.2) is 6.10 Å². The molecule has 6 heteroatoms. The summed E-state index contributed by atoms with van der Waals surface area (Å²) in [7, 11) is 0. The Labute approximate surface area is 493 Å². The van der Waals surface area contributed by atoms with E-state index in [1.807, 2.05) is 0 Å². The molecule has 6 nitrogen and oxygen atoms in total. The number of rotatable bonds is 67. The zero-order valence-corrected chi connectivity index (χ0v) is 53.7. The van der Waals surface area contributed by atoms with Crippen LogP contribution in [-0.2, 0) is 28.6 Å². The SMILES string of the molecule is CCCC/C=C\CCCCCCCC(=O)OCC(COC(=O)CCCCCCCCCCCCCCCCCCC/C=C\CCCCCCCCCC)OC(=O)CCCCCCCCCCCCCCCCCCCCCCC. The van der Waals surface area contributed by atoms with Gasteiger partial charge in [0.1, 0.15) is 13.2 Å². The van der Waals surface area contributed by atoms with Crippen LogP contribution in [0.2, 0.25) is 0 Å². The summed E-state index contributed by atoms with van der Waals surface area (Å²) in [4.78, 5) is 38.3. The van der Waals surface area contributed by atoms with Crippen molar-refractivity contribution in [1.82, 2.24) is 0 Å². The summed E-state index contributed by atoms with van der Waals surface area (Å²) in [6.07, 6.45) is 83.7. The van der Waals surface area contributed by atoms with Gasteiger partial charge in [0, 0.05) is 19.3 Å². The first-order valence-corrected chi connectivity index (χ1v) is 35.8. The summed E-state index contributed by atoms with van der Waals surface area (Å²) in [6.45, 7) is 6.67. The standard InChI is InChI=1S/C73H138O6/c1-4-7-10-13-16-19-22-24-26-28-30-32-33-34-35-36-37-38-39-41-42-44-46-48-51-54-57-60-63-66-72(75)78-69-70(68-77-71(74)65-62-59-56-53-50-21-18-15-12-9-6-3)79-73(76)67-64-61-58-55-52-49-47-45-43-40-31-29-27-25-23-20-17-14-11-8-5-2/h15,18,28,30,70H,4-14,16-17,19-27,29,31-69H2,1-3H3/b18-15-,30-28-. The lowest BCUT2D eigenvalue weighted by atomic mass is 10.0. The molecule has 0 radical (unpaired) electrons. The van der Waals surface area contributed by atoms with Crippen LogP contribution in [0.25, 0.3) is 0 Å². The van der Waals surface area contributed by atoms with Crippen molar-refractivity contribution < 1.29 is 28.6 Å². The van der Waals surface area contributed by atoms with Gasteiger partial charge >= 0.3 is 17.9 Å². The molecule has 0 aromatic carbocycles. The molecule has 0 aromatic heterocycles. The third-order valence-electron chi connectivity index (χ3n) is 16.4. The van der Waals surface area contributed by atoms with Crippen LogP contribution in [0.1, 0.15) is 406 Å². The molecule has 466 valence electrons. The summed E-state index contributed by atoms with van der Waals surface area (Å²) in [5.41, 5.74) is 0. The van der Waals surface area contributed by atoms with Gasteiger partial charge in [-0.05, 0) is 64.2 Å². The Morgan fingerprint density at radius 2 is 0.430 bits per heavy atom.